The zero-order valence-electron chi connectivity index (χ0n) is 18.3. The Morgan fingerprint density at radius 2 is 1.82 bits per heavy atom. The number of hydrogen-bond donors (Lipinski definition) is 1. The van der Waals surface area contributed by atoms with Crippen LogP contribution >= 0.6 is 34.4 Å². The molecule has 0 radical (unpaired) electrons. The molecule has 0 aromatic heterocycles. The second-order valence-electron chi connectivity index (χ2n) is 6.83. The van der Waals surface area contributed by atoms with E-state index < -0.39 is 29.6 Å². The van der Waals surface area contributed by atoms with E-state index in [4.69, 9.17) is 9.47 Å². The van der Waals surface area contributed by atoms with Crippen LogP contribution in [0.1, 0.15) is 12.5 Å². The highest BCUT2D eigenvalue weighted by molar-refractivity contribution is 14.1. The van der Waals surface area contributed by atoms with E-state index in [0.717, 1.165) is 20.2 Å². The third-order valence-electron chi connectivity index (χ3n) is 4.44. The van der Waals surface area contributed by atoms with Crippen LogP contribution in [0.2, 0.25) is 0 Å². The molecular formula is C23H21IN2O7S. The smallest absolute Gasteiger partial charge is 0.343 e. The molecule has 0 bridgehead atoms. The number of methoxy groups -OCH3 is 1. The van der Waals surface area contributed by atoms with Gasteiger partial charge in [0.15, 0.2) is 18.1 Å². The fourth-order valence-electron chi connectivity index (χ4n) is 2.86. The highest BCUT2D eigenvalue weighted by Gasteiger charge is 2.36. The van der Waals surface area contributed by atoms with Gasteiger partial charge in [0.05, 0.1) is 18.6 Å². The molecule has 0 spiro atoms. The normalized spacial score (nSPS) is 14.3. The first kappa shape index (κ1) is 25.6. The van der Waals surface area contributed by atoms with Crippen LogP contribution in [0.3, 0.4) is 0 Å². The van der Waals surface area contributed by atoms with E-state index in [-0.39, 0.29) is 11.5 Å². The van der Waals surface area contributed by atoms with Gasteiger partial charge in [-0.1, -0.05) is 6.07 Å². The Hall–Kier alpha value is -3.06. The predicted octanol–water partition coefficient (Wildman–Crippen LogP) is 3.92. The van der Waals surface area contributed by atoms with Crippen molar-refractivity contribution in [3.8, 4) is 11.5 Å². The van der Waals surface area contributed by atoms with Crippen LogP contribution in [-0.2, 0) is 19.1 Å². The molecular weight excluding hydrogens is 575 g/mol. The van der Waals surface area contributed by atoms with E-state index in [1.807, 2.05) is 12.1 Å². The molecule has 11 heteroatoms. The minimum atomic E-state index is -0.559. The van der Waals surface area contributed by atoms with Gasteiger partial charge in [-0.2, -0.15) is 0 Å². The number of ether oxygens (including phenoxy) is 3. The molecule has 34 heavy (non-hydrogen) atoms. The average Bonchev–Trinajstić information content (AvgIpc) is 3.07. The number of anilines is 1. The van der Waals surface area contributed by atoms with E-state index in [1.54, 1.807) is 37.3 Å². The Bertz CT molecular complexity index is 1130. The molecule has 0 saturated carbocycles. The van der Waals surface area contributed by atoms with Crippen LogP contribution in [-0.4, -0.2) is 54.8 Å². The van der Waals surface area contributed by atoms with Gasteiger partial charge in [-0.15, -0.1) is 0 Å². The molecule has 0 aliphatic carbocycles. The van der Waals surface area contributed by atoms with E-state index in [9.17, 15) is 19.2 Å². The molecule has 1 saturated heterocycles. The average molecular weight is 596 g/mol. The largest absolute Gasteiger partial charge is 0.490 e. The second kappa shape index (κ2) is 11.9. The third kappa shape index (κ3) is 6.73. The third-order valence-corrected chi connectivity index (χ3v) is 6.07. The number of amides is 3. The van der Waals surface area contributed by atoms with Crippen LogP contribution in [0.4, 0.5) is 10.5 Å². The van der Waals surface area contributed by atoms with Crippen molar-refractivity contribution in [2.24, 2.45) is 0 Å². The maximum Gasteiger partial charge on any atom is 0.343 e. The Kier molecular flexibility index (Phi) is 8.93. The summed E-state index contributed by atoms with van der Waals surface area (Å²) in [5.74, 6) is -0.862. The molecule has 0 unspecified atom stereocenters. The van der Waals surface area contributed by atoms with Crippen molar-refractivity contribution in [3.05, 3.63) is 56.5 Å². The molecule has 2 aromatic rings. The number of nitrogens with zero attached hydrogens (tertiary/aromatic N) is 1. The van der Waals surface area contributed by atoms with Gasteiger partial charge in [0.25, 0.3) is 11.1 Å². The fourth-order valence-corrected chi connectivity index (χ4v) is 4.06. The minimum absolute atomic E-state index is 0.178. The molecule has 0 atom stereocenters. The lowest BCUT2D eigenvalue weighted by Gasteiger charge is -2.13. The number of benzene rings is 2. The van der Waals surface area contributed by atoms with E-state index >= 15 is 0 Å². The number of esters is 1. The highest BCUT2D eigenvalue weighted by Crippen LogP contribution is 2.34. The van der Waals surface area contributed by atoms with Gasteiger partial charge in [-0.05, 0) is 89.3 Å². The molecule has 1 N–H and O–H groups in total. The van der Waals surface area contributed by atoms with Gasteiger partial charge in [-0.3, -0.25) is 19.3 Å². The molecule has 1 aliphatic heterocycles. The number of rotatable bonds is 9. The molecule has 3 rings (SSSR count). The maximum absolute atomic E-state index is 12.8. The van der Waals surface area contributed by atoms with Gasteiger partial charge in [0, 0.05) is 9.26 Å². The lowest BCUT2D eigenvalue weighted by atomic mass is 10.2. The van der Waals surface area contributed by atoms with Crippen molar-refractivity contribution < 1.29 is 33.4 Å². The first-order valence-electron chi connectivity index (χ1n) is 10.1. The van der Waals surface area contributed by atoms with Crippen molar-refractivity contribution >= 4 is 69.1 Å². The summed E-state index contributed by atoms with van der Waals surface area (Å²) in [5, 5.41) is 2.14. The number of nitrogens with one attached hydrogen (secondary N) is 1. The number of halogens is 1. The zero-order chi connectivity index (χ0) is 24.7. The van der Waals surface area contributed by atoms with Crippen molar-refractivity contribution in [2.75, 3.05) is 32.2 Å². The molecule has 1 fully saturated rings. The van der Waals surface area contributed by atoms with Crippen molar-refractivity contribution in [1.82, 2.24) is 4.90 Å². The number of carbonyl (C=O) groups is 4. The van der Waals surface area contributed by atoms with Crippen LogP contribution in [0, 0.1) is 3.57 Å². The summed E-state index contributed by atoms with van der Waals surface area (Å²) in [6.45, 7) is 1.48. The lowest BCUT2D eigenvalue weighted by Crippen LogP contribution is -2.36. The Labute approximate surface area is 213 Å². The van der Waals surface area contributed by atoms with Crippen molar-refractivity contribution in [3.63, 3.8) is 0 Å². The molecule has 3 amide bonds. The van der Waals surface area contributed by atoms with Gasteiger partial charge < -0.3 is 19.5 Å². The molecule has 2 aromatic carbocycles. The van der Waals surface area contributed by atoms with Crippen LogP contribution in [0.15, 0.2) is 47.4 Å². The molecule has 1 heterocycles. The summed E-state index contributed by atoms with van der Waals surface area (Å²) in [5.41, 5.74) is 1.16. The monoisotopic (exact) mass is 596 g/mol. The Balaban J connectivity index is 1.70. The standard InChI is InChI=1S/C23H21IN2O7S/c1-3-32-18-10-14(4-9-17(18)33-13-21(28)31-2)11-19-22(29)26(23(30)34-19)12-20(27)25-16-7-5-15(24)6-8-16/h4-11H,3,12-13H2,1-2H3,(H,25,27)/b19-11+. The maximum atomic E-state index is 12.8. The van der Waals surface area contributed by atoms with Crippen LogP contribution < -0.4 is 14.8 Å². The highest BCUT2D eigenvalue weighted by atomic mass is 127. The van der Waals surface area contributed by atoms with E-state index in [0.29, 0.717) is 29.4 Å². The minimum Gasteiger partial charge on any atom is -0.490 e. The zero-order valence-corrected chi connectivity index (χ0v) is 21.3. The van der Waals surface area contributed by atoms with Gasteiger partial charge >= 0.3 is 5.97 Å². The van der Waals surface area contributed by atoms with E-state index in [1.165, 1.54) is 13.2 Å². The molecule has 9 nitrogen and oxygen atoms in total. The van der Waals surface area contributed by atoms with Crippen molar-refractivity contribution in [2.45, 2.75) is 6.92 Å². The molecule has 1 aliphatic rings. The number of imide groups is 1. The van der Waals surface area contributed by atoms with Crippen molar-refractivity contribution in [1.29, 1.82) is 0 Å². The SMILES string of the molecule is CCOc1cc(/C=C2/SC(=O)N(CC(=O)Nc3ccc(I)cc3)C2=O)ccc1OCC(=O)OC. The van der Waals surface area contributed by atoms with Gasteiger partial charge in [0.2, 0.25) is 5.91 Å². The summed E-state index contributed by atoms with van der Waals surface area (Å²) >= 11 is 2.90. The van der Waals surface area contributed by atoms with Gasteiger partial charge in [-0.25, -0.2) is 4.79 Å². The van der Waals surface area contributed by atoms with Crippen LogP contribution in [0.25, 0.3) is 6.08 Å². The van der Waals surface area contributed by atoms with Crippen LogP contribution in [0.5, 0.6) is 11.5 Å². The lowest BCUT2D eigenvalue weighted by molar-refractivity contribution is -0.143. The summed E-state index contributed by atoms with van der Waals surface area (Å²) in [4.78, 5) is 49.9. The summed E-state index contributed by atoms with van der Waals surface area (Å²) in [7, 11) is 1.26. The first-order valence-corrected chi connectivity index (χ1v) is 12.0. The fraction of sp³-hybridized carbons (Fsp3) is 0.217. The first-order chi connectivity index (χ1) is 16.3. The number of carbonyl (C=O) groups excluding carboxylic acids is 4. The second-order valence-corrected chi connectivity index (χ2v) is 9.07. The summed E-state index contributed by atoms with van der Waals surface area (Å²) in [6, 6.07) is 12.0. The number of thioether (sulfide) groups is 1. The molecule has 178 valence electrons. The Morgan fingerprint density at radius 1 is 1.09 bits per heavy atom. The summed E-state index contributed by atoms with van der Waals surface area (Å²) < 4.78 is 16.6. The number of hydrogen-bond acceptors (Lipinski definition) is 8. The Morgan fingerprint density at radius 3 is 2.50 bits per heavy atom. The predicted molar refractivity (Wildman–Crippen MR) is 136 cm³/mol. The van der Waals surface area contributed by atoms with E-state index in [2.05, 4.69) is 32.6 Å². The van der Waals surface area contributed by atoms with Gasteiger partial charge in [0.1, 0.15) is 6.54 Å². The quantitative estimate of drug-likeness (QED) is 0.264. The summed E-state index contributed by atoms with van der Waals surface area (Å²) in [6.07, 6.45) is 1.54. The topological polar surface area (TPSA) is 111 Å².